The van der Waals surface area contributed by atoms with Crippen LogP contribution < -0.4 is 16.4 Å². The van der Waals surface area contributed by atoms with Gasteiger partial charge in [0.1, 0.15) is 12.4 Å². The average molecular weight is 454 g/mol. The van der Waals surface area contributed by atoms with E-state index in [0.29, 0.717) is 38.4 Å². The number of nitrogens with one attached hydrogen (secondary N) is 2. The van der Waals surface area contributed by atoms with Crippen molar-refractivity contribution >= 4 is 0 Å². The number of aliphatic hydroxyl groups excluding tert-OH is 1. The molecule has 0 amide bonds. The van der Waals surface area contributed by atoms with E-state index in [1.807, 2.05) is 20.0 Å². The van der Waals surface area contributed by atoms with Gasteiger partial charge in [-0.25, -0.2) is 0 Å². The topological polar surface area (TPSA) is 88.8 Å². The van der Waals surface area contributed by atoms with Gasteiger partial charge in [0.25, 0.3) is 5.92 Å². The van der Waals surface area contributed by atoms with Crippen LogP contribution in [0.1, 0.15) is 39.5 Å². The van der Waals surface area contributed by atoms with Crippen LogP contribution in [0.15, 0.2) is 46.5 Å². The molecule has 1 heterocycles. The van der Waals surface area contributed by atoms with Crippen molar-refractivity contribution in [3.8, 4) is 0 Å². The number of alkyl halides is 2. The lowest BCUT2D eigenvalue weighted by Gasteiger charge is -2.35. The summed E-state index contributed by atoms with van der Waals surface area (Å²) in [7, 11) is 1.67. The number of allylic oxidation sites excluding steroid dienone is 1. The minimum absolute atomic E-state index is 0.0376. The van der Waals surface area contributed by atoms with E-state index >= 15 is 0 Å². The molecule has 32 heavy (non-hydrogen) atoms. The van der Waals surface area contributed by atoms with E-state index in [4.69, 9.17) is 20.3 Å². The molecule has 180 valence electrons. The average Bonchev–Trinajstić information content (AvgIpc) is 2.76. The molecule has 0 aromatic rings. The first-order valence-corrected chi connectivity index (χ1v) is 11.5. The fourth-order valence-electron chi connectivity index (χ4n) is 4.54. The van der Waals surface area contributed by atoms with Gasteiger partial charge in [0.15, 0.2) is 0 Å². The van der Waals surface area contributed by atoms with E-state index in [1.165, 1.54) is 0 Å². The quantitative estimate of drug-likeness (QED) is 0.381. The second-order valence-electron chi connectivity index (χ2n) is 8.89. The Balaban J connectivity index is 1.84. The number of aliphatic hydroxyl groups is 1. The standard InChI is InChI=1S/C24H37F2N3O3/c1-4-28-11-22(20-9-19(17-12-32-13-17)23(31-3)10-21(20)27)29-15(2)16-6-5-7-18(8-16)24(25,26)14-30/h8-9,11,15-17,21,28-30H,4-7,10,12-14,27H2,1-3H3/b22-11+. The molecule has 3 aliphatic rings. The Bertz CT molecular complexity index is 787. The molecule has 0 aromatic heterocycles. The van der Waals surface area contributed by atoms with Gasteiger partial charge in [0.05, 0.1) is 26.0 Å². The molecule has 1 fully saturated rings. The molecular weight excluding hydrogens is 416 g/mol. The number of rotatable bonds is 10. The normalized spacial score (nSPS) is 26.2. The summed E-state index contributed by atoms with van der Waals surface area (Å²) in [5.74, 6) is -2.02. The highest BCUT2D eigenvalue weighted by molar-refractivity contribution is 5.46. The van der Waals surface area contributed by atoms with Crippen LogP contribution in [0.4, 0.5) is 8.78 Å². The number of hydrogen-bond acceptors (Lipinski definition) is 6. The summed E-state index contributed by atoms with van der Waals surface area (Å²) < 4.78 is 39.1. The summed E-state index contributed by atoms with van der Waals surface area (Å²) in [4.78, 5) is 0. The SMILES string of the molecule is CCN/C=C(/NC(C)C1C=C(C(F)(F)CO)CCC1)C1=CC(C2COC2)=C(OC)CC1N. The van der Waals surface area contributed by atoms with Crippen molar-refractivity contribution in [3.05, 3.63) is 46.5 Å². The predicted octanol–water partition coefficient (Wildman–Crippen LogP) is 2.97. The summed E-state index contributed by atoms with van der Waals surface area (Å²) in [6, 6.07) is -0.323. The minimum Gasteiger partial charge on any atom is -0.501 e. The smallest absolute Gasteiger partial charge is 0.291 e. The molecule has 2 aliphatic carbocycles. The molecule has 1 aliphatic heterocycles. The molecule has 5 N–H and O–H groups in total. The lowest BCUT2D eigenvalue weighted by Crippen LogP contribution is -2.40. The molecule has 3 rings (SSSR count). The van der Waals surface area contributed by atoms with E-state index in [0.717, 1.165) is 35.6 Å². The molecule has 0 bridgehead atoms. The van der Waals surface area contributed by atoms with Gasteiger partial charge < -0.3 is 30.9 Å². The number of methoxy groups -OCH3 is 1. The molecule has 0 radical (unpaired) electrons. The Hall–Kier alpha value is -1.90. The zero-order chi connectivity index (χ0) is 23.3. The Morgan fingerprint density at radius 3 is 2.78 bits per heavy atom. The highest BCUT2D eigenvalue weighted by atomic mass is 19.3. The molecular formula is C24H37F2N3O3. The Morgan fingerprint density at radius 2 is 2.19 bits per heavy atom. The van der Waals surface area contributed by atoms with Crippen LogP contribution in [0, 0.1) is 11.8 Å². The van der Waals surface area contributed by atoms with Gasteiger partial charge in [0.2, 0.25) is 0 Å². The summed E-state index contributed by atoms with van der Waals surface area (Å²) in [6.45, 7) is 4.97. The van der Waals surface area contributed by atoms with Crippen LogP contribution in [0.25, 0.3) is 0 Å². The van der Waals surface area contributed by atoms with Crippen molar-refractivity contribution in [1.82, 2.24) is 10.6 Å². The second kappa shape index (κ2) is 10.8. The molecule has 3 atom stereocenters. The minimum atomic E-state index is -3.16. The predicted molar refractivity (Wildman–Crippen MR) is 121 cm³/mol. The highest BCUT2D eigenvalue weighted by Gasteiger charge is 2.36. The van der Waals surface area contributed by atoms with Crippen LogP contribution in [0.2, 0.25) is 0 Å². The highest BCUT2D eigenvalue weighted by Crippen LogP contribution is 2.37. The maximum absolute atomic E-state index is 14.1. The Morgan fingerprint density at radius 1 is 1.44 bits per heavy atom. The van der Waals surface area contributed by atoms with Gasteiger partial charge in [-0.2, -0.15) is 8.78 Å². The maximum atomic E-state index is 14.1. The van der Waals surface area contributed by atoms with Gasteiger partial charge in [-0.15, -0.1) is 0 Å². The van der Waals surface area contributed by atoms with Crippen LogP contribution in [-0.4, -0.2) is 56.6 Å². The van der Waals surface area contributed by atoms with Crippen molar-refractivity contribution < 1.29 is 23.4 Å². The van der Waals surface area contributed by atoms with Gasteiger partial charge in [-0.1, -0.05) is 6.08 Å². The largest absolute Gasteiger partial charge is 0.501 e. The fourth-order valence-corrected chi connectivity index (χ4v) is 4.54. The van der Waals surface area contributed by atoms with Crippen LogP contribution in [0.5, 0.6) is 0 Å². The number of nitrogens with two attached hydrogens (primary N) is 1. The van der Waals surface area contributed by atoms with Crippen molar-refractivity contribution in [3.63, 3.8) is 0 Å². The van der Waals surface area contributed by atoms with Crippen molar-refractivity contribution in [2.75, 3.05) is 33.5 Å². The summed E-state index contributed by atoms with van der Waals surface area (Å²) >= 11 is 0. The maximum Gasteiger partial charge on any atom is 0.291 e. The first-order chi connectivity index (χ1) is 15.3. The first-order valence-electron chi connectivity index (χ1n) is 11.5. The summed E-state index contributed by atoms with van der Waals surface area (Å²) in [5, 5.41) is 15.9. The third kappa shape index (κ3) is 5.53. The zero-order valence-electron chi connectivity index (χ0n) is 19.3. The molecule has 6 nitrogen and oxygen atoms in total. The van der Waals surface area contributed by atoms with Crippen molar-refractivity contribution in [2.45, 2.75) is 57.5 Å². The number of hydrogen-bond donors (Lipinski definition) is 4. The van der Waals surface area contributed by atoms with E-state index < -0.39 is 12.5 Å². The Labute approximate surface area is 189 Å². The molecule has 1 saturated heterocycles. The zero-order valence-corrected chi connectivity index (χ0v) is 19.3. The summed E-state index contributed by atoms with van der Waals surface area (Å²) in [6.07, 6.45) is 8.09. The molecule has 3 unspecified atom stereocenters. The molecule has 0 aromatic carbocycles. The Kier molecular flexibility index (Phi) is 8.36. The first kappa shape index (κ1) is 24.7. The third-order valence-corrected chi connectivity index (χ3v) is 6.62. The van der Waals surface area contributed by atoms with Crippen LogP contribution in [0.3, 0.4) is 0 Å². The van der Waals surface area contributed by atoms with E-state index in [-0.39, 0.29) is 23.6 Å². The van der Waals surface area contributed by atoms with Crippen molar-refractivity contribution in [2.24, 2.45) is 17.6 Å². The lowest BCUT2D eigenvalue weighted by molar-refractivity contribution is -0.0204. The van der Waals surface area contributed by atoms with E-state index in [2.05, 4.69) is 16.7 Å². The monoisotopic (exact) mass is 453 g/mol. The van der Waals surface area contributed by atoms with Gasteiger partial charge in [-0.3, -0.25) is 0 Å². The summed E-state index contributed by atoms with van der Waals surface area (Å²) in [5.41, 5.74) is 9.53. The number of halogens is 2. The molecule has 0 spiro atoms. The van der Waals surface area contributed by atoms with Gasteiger partial charge in [-0.05, 0) is 61.8 Å². The van der Waals surface area contributed by atoms with E-state index in [9.17, 15) is 8.78 Å². The fraction of sp³-hybridized carbons (Fsp3) is 0.667. The molecule has 8 heteroatoms. The van der Waals surface area contributed by atoms with Crippen LogP contribution >= 0.6 is 0 Å². The van der Waals surface area contributed by atoms with Gasteiger partial charge >= 0.3 is 0 Å². The number of ether oxygens (including phenoxy) is 2. The van der Waals surface area contributed by atoms with Gasteiger partial charge in [0, 0.05) is 37.2 Å². The van der Waals surface area contributed by atoms with Crippen LogP contribution in [-0.2, 0) is 9.47 Å². The third-order valence-electron chi connectivity index (χ3n) is 6.62. The second-order valence-corrected chi connectivity index (χ2v) is 8.89. The van der Waals surface area contributed by atoms with Crippen molar-refractivity contribution in [1.29, 1.82) is 0 Å². The molecule has 0 saturated carbocycles. The van der Waals surface area contributed by atoms with E-state index in [1.54, 1.807) is 13.2 Å². The lowest BCUT2D eigenvalue weighted by atomic mass is 9.82.